The average Bonchev–Trinajstić information content (AvgIpc) is 3.09. The van der Waals surface area contributed by atoms with Crippen molar-refractivity contribution in [2.75, 3.05) is 10.6 Å². The van der Waals surface area contributed by atoms with E-state index in [1.807, 2.05) is 36.4 Å². The number of fused-ring (bicyclic) bond motifs is 1. The number of hydrogen-bond acceptors (Lipinski definition) is 5. The fourth-order valence-electron chi connectivity index (χ4n) is 3.10. The van der Waals surface area contributed by atoms with Crippen molar-refractivity contribution in [3.05, 3.63) is 48.8 Å². The Bertz CT molecular complexity index is 806. The van der Waals surface area contributed by atoms with Crippen molar-refractivity contribution >= 4 is 28.4 Å². The predicted molar refractivity (Wildman–Crippen MR) is 92.9 cm³/mol. The van der Waals surface area contributed by atoms with Crippen molar-refractivity contribution in [3.8, 4) is 0 Å². The van der Waals surface area contributed by atoms with Gasteiger partial charge in [0.1, 0.15) is 5.82 Å². The van der Waals surface area contributed by atoms with E-state index < -0.39 is 0 Å². The SMILES string of the molecule is c1cnc2c(Nc3nccc(NC4CCCC4)n3)cccc2c1. The van der Waals surface area contributed by atoms with Gasteiger partial charge in [-0.2, -0.15) is 4.98 Å². The van der Waals surface area contributed by atoms with Crippen LogP contribution in [0.4, 0.5) is 17.5 Å². The smallest absolute Gasteiger partial charge is 0.229 e. The van der Waals surface area contributed by atoms with E-state index in [4.69, 9.17) is 0 Å². The maximum absolute atomic E-state index is 4.58. The van der Waals surface area contributed by atoms with E-state index in [-0.39, 0.29) is 0 Å². The number of para-hydroxylation sites is 1. The number of rotatable bonds is 4. The van der Waals surface area contributed by atoms with Crippen LogP contribution in [0.25, 0.3) is 10.9 Å². The largest absolute Gasteiger partial charge is 0.367 e. The topological polar surface area (TPSA) is 62.7 Å². The first-order valence-corrected chi connectivity index (χ1v) is 8.09. The maximum atomic E-state index is 4.58. The molecule has 0 bridgehead atoms. The van der Waals surface area contributed by atoms with Crippen LogP contribution in [0, 0.1) is 0 Å². The van der Waals surface area contributed by atoms with Gasteiger partial charge in [-0.25, -0.2) is 4.98 Å². The van der Waals surface area contributed by atoms with Crippen LogP contribution < -0.4 is 10.6 Å². The number of nitrogens with zero attached hydrogens (tertiary/aromatic N) is 3. The third-order valence-electron chi connectivity index (χ3n) is 4.24. The first-order valence-electron chi connectivity index (χ1n) is 8.09. The van der Waals surface area contributed by atoms with Crippen LogP contribution in [-0.4, -0.2) is 21.0 Å². The summed E-state index contributed by atoms with van der Waals surface area (Å²) < 4.78 is 0. The van der Waals surface area contributed by atoms with Crippen LogP contribution in [0.1, 0.15) is 25.7 Å². The number of pyridine rings is 1. The second-order valence-electron chi connectivity index (χ2n) is 5.90. The highest BCUT2D eigenvalue weighted by molar-refractivity contribution is 5.91. The van der Waals surface area contributed by atoms with Crippen molar-refractivity contribution in [1.82, 2.24) is 15.0 Å². The van der Waals surface area contributed by atoms with E-state index in [0.717, 1.165) is 22.4 Å². The molecule has 1 saturated carbocycles. The highest BCUT2D eigenvalue weighted by Crippen LogP contribution is 2.24. The van der Waals surface area contributed by atoms with E-state index in [0.29, 0.717) is 12.0 Å². The molecule has 2 aromatic heterocycles. The average molecular weight is 305 g/mol. The Kier molecular flexibility index (Phi) is 3.76. The van der Waals surface area contributed by atoms with Gasteiger partial charge in [-0.05, 0) is 31.0 Å². The van der Waals surface area contributed by atoms with Crippen LogP contribution in [0.3, 0.4) is 0 Å². The van der Waals surface area contributed by atoms with Crippen molar-refractivity contribution in [1.29, 1.82) is 0 Å². The lowest BCUT2D eigenvalue weighted by atomic mass is 10.2. The molecule has 0 saturated heterocycles. The molecule has 0 spiro atoms. The highest BCUT2D eigenvalue weighted by atomic mass is 15.1. The van der Waals surface area contributed by atoms with Gasteiger partial charge >= 0.3 is 0 Å². The van der Waals surface area contributed by atoms with E-state index in [9.17, 15) is 0 Å². The fourth-order valence-corrected chi connectivity index (χ4v) is 3.10. The normalized spacial score (nSPS) is 15.0. The van der Waals surface area contributed by atoms with Gasteiger partial charge in [0.15, 0.2) is 0 Å². The summed E-state index contributed by atoms with van der Waals surface area (Å²) in [5.74, 6) is 1.47. The van der Waals surface area contributed by atoms with Crippen molar-refractivity contribution < 1.29 is 0 Å². The molecule has 2 N–H and O–H groups in total. The van der Waals surface area contributed by atoms with E-state index in [1.54, 1.807) is 12.4 Å². The zero-order valence-corrected chi connectivity index (χ0v) is 12.9. The molecule has 0 atom stereocenters. The first kappa shape index (κ1) is 13.9. The molecule has 0 amide bonds. The number of anilines is 3. The summed E-state index contributed by atoms with van der Waals surface area (Å²) in [6.07, 6.45) is 8.63. The molecule has 0 unspecified atom stereocenters. The standard InChI is InChI=1S/C18H19N5/c1-2-8-14(7-1)21-16-10-12-20-18(23-16)22-15-9-3-5-13-6-4-11-19-17(13)15/h3-6,9-12,14H,1-2,7-8H2,(H2,20,21,22,23). The van der Waals surface area contributed by atoms with Gasteiger partial charge < -0.3 is 10.6 Å². The molecule has 1 aliphatic rings. The second kappa shape index (κ2) is 6.20. The number of nitrogens with one attached hydrogen (secondary N) is 2. The summed E-state index contributed by atoms with van der Waals surface area (Å²) in [5.41, 5.74) is 1.84. The third kappa shape index (κ3) is 3.08. The minimum absolute atomic E-state index is 0.539. The van der Waals surface area contributed by atoms with Gasteiger partial charge in [-0.15, -0.1) is 0 Å². The van der Waals surface area contributed by atoms with Gasteiger partial charge in [-0.3, -0.25) is 4.98 Å². The number of aromatic nitrogens is 3. The summed E-state index contributed by atoms with van der Waals surface area (Å²) in [7, 11) is 0. The molecule has 3 aromatic rings. The van der Waals surface area contributed by atoms with E-state index in [1.165, 1.54) is 25.7 Å². The predicted octanol–water partition coefficient (Wildman–Crippen LogP) is 4.12. The first-order chi connectivity index (χ1) is 11.4. The highest BCUT2D eigenvalue weighted by Gasteiger charge is 2.15. The molecular formula is C18H19N5. The molecular weight excluding hydrogens is 286 g/mol. The molecule has 2 heterocycles. The molecule has 0 radical (unpaired) electrons. The minimum atomic E-state index is 0.539. The summed E-state index contributed by atoms with van der Waals surface area (Å²) in [4.78, 5) is 13.4. The molecule has 5 nitrogen and oxygen atoms in total. The summed E-state index contributed by atoms with van der Waals surface area (Å²) in [5, 5.41) is 7.88. The van der Waals surface area contributed by atoms with Crippen LogP contribution in [0.15, 0.2) is 48.8 Å². The molecule has 5 heteroatoms. The zero-order chi connectivity index (χ0) is 15.5. The number of hydrogen-bond donors (Lipinski definition) is 2. The van der Waals surface area contributed by atoms with E-state index in [2.05, 4.69) is 25.6 Å². The van der Waals surface area contributed by atoms with Crippen LogP contribution >= 0.6 is 0 Å². The Hall–Kier alpha value is -2.69. The molecule has 1 aliphatic carbocycles. The Balaban J connectivity index is 1.58. The van der Waals surface area contributed by atoms with Gasteiger partial charge in [0.05, 0.1) is 11.2 Å². The Morgan fingerprint density at radius 3 is 2.70 bits per heavy atom. The van der Waals surface area contributed by atoms with Crippen molar-refractivity contribution in [2.24, 2.45) is 0 Å². The minimum Gasteiger partial charge on any atom is -0.367 e. The van der Waals surface area contributed by atoms with Crippen molar-refractivity contribution in [3.63, 3.8) is 0 Å². The molecule has 23 heavy (non-hydrogen) atoms. The monoisotopic (exact) mass is 305 g/mol. The lowest BCUT2D eigenvalue weighted by molar-refractivity contribution is 0.750. The lowest BCUT2D eigenvalue weighted by Gasteiger charge is -2.13. The lowest BCUT2D eigenvalue weighted by Crippen LogP contribution is -2.15. The quantitative estimate of drug-likeness (QED) is 0.759. The fraction of sp³-hybridized carbons (Fsp3) is 0.278. The molecule has 0 aliphatic heterocycles. The molecule has 1 aromatic carbocycles. The maximum Gasteiger partial charge on any atom is 0.229 e. The van der Waals surface area contributed by atoms with Crippen LogP contribution in [0.2, 0.25) is 0 Å². The third-order valence-corrected chi connectivity index (χ3v) is 4.24. The van der Waals surface area contributed by atoms with Crippen LogP contribution in [-0.2, 0) is 0 Å². The van der Waals surface area contributed by atoms with Gasteiger partial charge in [0, 0.05) is 23.8 Å². The van der Waals surface area contributed by atoms with E-state index >= 15 is 0 Å². The molecule has 1 fully saturated rings. The van der Waals surface area contributed by atoms with Gasteiger partial charge in [-0.1, -0.05) is 31.0 Å². The van der Waals surface area contributed by atoms with Gasteiger partial charge in [0.2, 0.25) is 5.95 Å². The number of benzene rings is 1. The second-order valence-corrected chi connectivity index (χ2v) is 5.90. The molecule has 116 valence electrons. The van der Waals surface area contributed by atoms with Gasteiger partial charge in [0.25, 0.3) is 0 Å². The summed E-state index contributed by atoms with van der Waals surface area (Å²) >= 11 is 0. The van der Waals surface area contributed by atoms with Crippen LogP contribution in [0.5, 0.6) is 0 Å². The summed E-state index contributed by atoms with van der Waals surface area (Å²) in [6.45, 7) is 0. The Morgan fingerprint density at radius 1 is 0.913 bits per heavy atom. The Morgan fingerprint density at radius 2 is 1.78 bits per heavy atom. The van der Waals surface area contributed by atoms with Crippen molar-refractivity contribution in [2.45, 2.75) is 31.7 Å². The summed E-state index contributed by atoms with van der Waals surface area (Å²) in [6, 6.07) is 12.5. The molecule has 4 rings (SSSR count). The zero-order valence-electron chi connectivity index (χ0n) is 12.9. The Labute approximate surface area is 135 Å².